The lowest BCUT2D eigenvalue weighted by Crippen LogP contribution is -2.37. The van der Waals surface area contributed by atoms with Crippen LogP contribution < -0.4 is 0 Å². The minimum absolute atomic E-state index is 0.0550. The second-order valence-corrected chi connectivity index (χ2v) is 8.41. The molecule has 0 saturated carbocycles. The smallest absolute Gasteiger partial charge is 0.259 e. The van der Waals surface area contributed by atoms with Crippen molar-refractivity contribution in [1.29, 1.82) is 0 Å². The van der Waals surface area contributed by atoms with E-state index in [1.807, 2.05) is 29.3 Å². The van der Waals surface area contributed by atoms with Crippen LogP contribution in [0, 0.1) is 6.92 Å². The molecule has 1 atom stereocenters. The highest BCUT2D eigenvalue weighted by molar-refractivity contribution is 7.09. The number of hydrogen-bond acceptors (Lipinski definition) is 7. The van der Waals surface area contributed by atoms with Gasteiger partial charge in [-0.2, -0.15) is 0 Å². The molecule has 1 unspecified atom stereocenters. The second-order valence-electron chi connectivity index (χ2n) is 7.38. The summed E-state index contributed by atoms with van der Waals surface area (Å²) >= 11 is 1.64. The Morgan fingerprint density at radius 2 is 2.27 bits per heavy atom. The van der Waals surface area contributed by atoms with E-state index in [1.165, 1.54) is 0 Å². The van der Waals surface area contributed by atoms with Gasteiger partial charge in [0.05, 0.1) is 35.6 Å². The Kier molecular flexibility index (Phi) is 5.10. The maximum atomic E-state index is 13.8. The Hall–Kier alpha value is -2.97. The first-order valence-electron chi connectivity index (χ1n) is 9.93. The molecule has 8 heteroatoms. The number of nitrogens with zero attached hydrogens (tertiary/aromatic N) is 3. The van der Waals surface area contributed by atoms with Crippen molar-refractivity contribution in [2.75, 3.05) is 13.2 Å². The van der Waals surface area contributed by atoms with E-state index in [4.69, 9.17) is 13.7 Å². The van der Waals surface area contributed by atoms with Crippen LogP contribution in [0.15, 0.2) is 50.9 Å². The van der Waals surface area contributed by atoms with Crippen molar-refractivity contribution in [1.82, 2.24) is 15.0 Å². The fourth-order valence-electron chi connectivity index (χ4n) is 3.83. The Labute approximate surface area is 177 Å². The Bertz CT molecular complexity index is 1140. The summed E-state index contributed by atoms with van der Waals surface area (Å²) < 4.78 is 16.7. The predicted molar refractivity (Wildman–Crippen MR) is 112 cm³/mol. The van der Waals surface area contributed by atoms with Crippen LogP contribution in [0.3, 0.4) is 0 Å². The fourth-order valence-corrected chi connectivity index (χ4v) is 4.55. The minimum Gasteiger partial charge on any atom is -0.463 e. The monoisotopic (exact) mass is 423 g/mol. The van der Waals surface area contributed by atoms with Gasteiger partial charge in [-0.1, -0.05) is 11.2 Å². The average Bonchev–Trinajstić information content (AvgIpc) is 3.54. The van der Waals surface area contributed by atoms with Crippen molar-refractivity contribution in [3.63, 3.8) is 0 Å². The number of hydrogen-bond donors (Lipinski definition) is 0. The highest BCUT2D eigenvalue weighted by Crippen LogP contribution is 2.29. The molecule has 4 aromatic heterocycles. The first-order valence-corrected chi connectivity index (χ1v) is 10.8. The molecule has 1 aliphatic rings. The Balaban J connectivity index is 1.56. The van der Waals surface area contributed by atoms with Crippen molar-refractivity contribution in [3.05, 3.63) is 58.1 Å². The topological polar surface area (TPSA) is 81.6 Å². The van der Waals surface area contributed by atoms with Gasteiger partial charge in [-0.25, -0.2) is 4.98 Å². The van der Waals surface area contributed by atoms with E-state index in [2.05, 4.69) is 10.1 Å². The molecule has 0 N–H and O–H groups in total. The van der Waals surface area contributed by atoms with E-state index in [0.29, 0.717) is 46.9 Å². The van der Waals surface area contributed by atoms with E-state index < -0.39 is 0 Å². The van der Waals surface area contributed by atoms with Gasteiger partial charge in [0.1, 0.15) is 5.69 Å². The number of pyridine rings is 1. The van der Waals surface area contributed by atoms with E-state index in [0.717, 1.165) is 24.3 Å². The van der Waals surface area contributed by atoms with Crippen molar-refractivity contribution < 1.29 is 18.5 Å². The molecule has 1 amide bonds. The highest BCUT2D eigenvalue weighted by atomic mass is 32.1. The molecular formula is C22H21N3O4S. The zero-order valence-electron chi connectivity index (χ0n) is 16.5. The standard InChI is InChI=1S/C22H21N3O4S/c1-14-20-17(11-18(19-7-3-9-28-19)23-21(20)29-24-14)22(26)25(12-15-5-2-8-27-15)13-16-6-4-10-30-16/h3-4,6-7,9-11,15H,2,5,8,12-13H2,1H3. The summed E-state index contributed by atoms with van der Waals surface area (Å²) in [6.45, 7) is 3.64. The third-order valence-corrected chi connectivity index (χ3v) is 6.14. The van der Waals surface area contributed by atoms with Crippen LogP contribution in [0.4, 0.5) is 0 Å². The number of thiophene rings is 1. The van der Waals surface area contributed by atoms with Crippen LogP contribution in [0.2, 0.25) is 0 Å². The van der Waals surface area contributed by atoms with Crippen LogP contribution in [0.5, 0.6) is 0 Å². The number of carbonyl (C=O) groups excluding carboxylic acids is 1. The zero-order valence-corrected chi connectivity index (χ0v) is 17.4. The second kappa shape index (κ2) is 8.04. The van der Waals surface area contributed by atoms with Gasteiger partial charge < -0.3 is 18.6 Å². The van der Waals surface area contributed by atoms with Gasteiger partial charge >= 0.3 is 0 Å². The van der Waals surface area contributed by atoms with Gasteiger partial charge in [0.2, 0.25) is 0 Å². The fraction of sp³-hybridized carbons (Fsp3) is 0.318. The van der Waals surface area contributed by atoms with Gasteiger partial charge in [0.15, 0.2) is 5.76 Å². The lowest BCUT2D eigenvalue weighted by molar-refractivity contribution is 0.0511. The molecular weight excluding hydrogens is 402 g/mol. The van der Waals surface area contributed by atoms with E-state index in [1.54, 1.807) is 35.8 Å². The number of amides is 1. The molecule has 5 heterocycles. The summed E-state index contributed by atoms with van der Waals surface area (Å²) in [4.78, 5) is 21.3. The zero-order chi connectivity index (χ0) is 20.5. The molecule has 1 saturated heterocycles. The number of furan rings is 1. The normalized spacial score (nSPS) is 16.4. The van der Waals surface area contributed by atoms with Gasteiger partial charge in [-0.15, -0.1) is 11.3 Å². The van der Waals surface area contributed by atoms with E-state index in [-0.39, 0.29) is 12.0 Å². The average molecular weight is 423 g/mol. The molecule has 1 aliphatic heterocycles. The summed E-state index contributed by atoms with van der Waals surface area (Å²) in [5, 5.41) is 6.70. The van der Waals surface area contributed by atoms with Crippen molar-refractivity contribution in [2.24, 2.45) is 0 Å². The van der Waals surface area contributed by atoms with Crippen LogP contribution in [0.1, 0.15) is 33.8 Å². The number of aryl methyl sites for hydroxylation is 1. The summed E-state index contributed by atoms with van der Waals surface area (Å²) in [6, 6.07) is 9.40. The van der Waals surface area contributed by atoms with Crippen LogP contribution in [0.25, 0.3) is 22.6 Å². The summed E-state index contributed by atoms with van der Waals surface area (Å²) in [5.74, 6) is 0.481. The van der Waals surface area contributed by atoms with Crippen molar-refractivity contribution in [3.8, 4) is 11.5 Å². The van der Waals surface area contributed by atoms with Gasteiger partial charge in [-0.3, -0.25) is 4.79 Å². The molecule has 0 spiro atoms. The summed E-state index contributed by atoms with van der Waals surface area (Å²) in [5.41, 5.74) is 2.03. The molecule has 5 rings (SSSR count). The maximum Gasteiger partial charge on any atom is 0.259 e. The maximum absolute atomic E-state index is 13.8. The Morgan fingerprint density at radius 1 is 1.33 bits per heavy atom. The van der Waals surface area contributed by atoms with Crippen molar-refractivity contribution >= 4 is 28.3 Å². The number of ether oxygens (including phenoxy) is 1. The van der Waals surface area contributed by atoms with E-state index >= 15 is 0 Å². The lowest BCUT2D eigenvalue weighted by atomic mass is 10.1. The first kappa shape index (κ1) is 19.0. The Morgan fingerprint density at radius 3 is 3.00 bits per heavy atom. The number of fused-ring (bicyclic) bond motifs is 1. The molecule has 0 aliphatic carbocycles. The number of aromatic nitrogens is 2. The molecule has 7 nitrogen and oxygen atoms in total. The quantitative estimate of drug-likeness (QED) is 0.448. The molecule has 0 radical (unpaired) electrons. The predicted octanol–water partition coefficient (Wildman–Crippen LogP) is 4.67. The lowest BCUT2D eigenvalue weighted by Gasteiger charge is -2.25. The number of carbonyl (C=O) groups is 1. The summed E-state index contributed by atoms with van der Waals surface area (Å²) in [7, 11) is 0. The van der Waals surface area contributed by atoms with Crippen LogP contribution >= 0.6 is 11.3 Å². The van der Waals surface area contributed by atoms with Crippen molar-refractivity contribution in [2.45, 2.75) is 32.4 Å². The third kappa shape index (κ3) is 3.64. The van der Waals surface area contributed by atoms with Crippen LogP contribution in [-0.4, -0.2) is 40.2 Å². The molecule has 4 aromatic rings. The van der Waals surface area contributed by atoms with E-state index in [9.17, 15) is 4.79 Å². The van der Waals surface area contributed by atoms with Gasteiger partial charge in [-0.05, 0) is 49.4 Å². The third-order valence-electron chi connectivity index (χ3n) is 5.28. The molecule has 154 valence electrons. The molecule has 1 fully saturated rings. The van der Waals surface area contributed by atoms with Gasteiger partial charge in [0, 0.05) is 18.0 Å². The van der Waals surface area contributed by atoms with Crippen LogP contribution in [-0.2, 0) is 11.3 Å². The molecule has 0 bridgehead atoms. The highest BCUT2D eigenvalue weighted by Gasteiger charge is 2.27. The number of rotatable bonds is 6. The largest absolute Gasteiger partial charge is 0.463 e. The minimum atomic E-state index is -0.0922. The van der Waals surface area contributed by atoms with Gasteiger partial charge in [0.25, 0.3) is 11.6 Å². The summed E-state index contributed by atoms with van der Waals surface area (Å²) in [6.07, 6.45) is 3.62. The molecule has 30 heavy (non-hydrogen) atoms. The molecule has 0 aromatic carbocycles. The SMILES string of the molecule is Cc1noc2nc(-c3ccco3)cc(C(=O)N(Cc3cccs3)CC3CCCO3)c12. The first-order chi connectivity index (χ1) is 14.7.